The first-order valence-electron chi connectivity index (χ1n) is 8.02. The Morgan fingerprint density at radius 1 is 1.38 bits per heavy atom. The first kappa shape index (κ1) is 18.1. The highest BCUT2D eigenvalue weighted by Crippen LogP contribution is 2.40. The number of carbonyl (C=O) groups is 1. The molecule has 2 rings (SSSR count). The molecule has 0 bridgehead atoms. The predicted molar refractivity (Wildman–Crippen MR) is 88.6 cm³/mol. The van der Waals surface area contributed by atoms with Crippen molar-refractivity contribution in [3.8, 4) is 5.75 Å². The van der Waals surface area contributed by atoms with Gasteiger partial charge in [-0.2, -0.15) is 0 Å². The third kappa shape index (κ3) is 3.80. The summed E-state index contributed by atoms with van der Waals surface area (Å²) in [5.41, 5.74) is 9.79. The number of hydrogen-bond acceptors (Lipinski definition) is 5. The minimum atomic E-state index is -0.662. The van der Waals surface area contributed by atoms with Crippen LogP contribution in [-0.4, -0.2) is 31.3 Å². The number of azide groups is 1. The van der Waals surface area contributed by atoms with E-state index < -0.39 is 24.2 Å². The first-order valence-corrected chi connectivity index (χ1v) is 8.02. The topological polar surface area (TPSA) is 93.5 Å². The smallest absolute Gasteiger partial charge is 0.303 e. The summed E-state index contributed by atoms with van der Waals surface area (Å²) in [5.74, 6) is 0.248. The van der Waals surface area contributed by atoms with E-state index in [2.05, 4.69) is 10.0 Å². The lowest BCUT2D eigenvalue weighted by atomic mass is 9.83. The van der Waals surface area contributed by atoms with Gasteiger partial charge >= 0.3 is 5.97 Å². The number of hydrogen-bond donors (Lipinski definition) is 0. The van der Waals surface area contributed by atoms with Gasteiger partial charge in [0.25, 0.3) is 0 Å². The largest absolute Gasteiger partial charge is 0.497 e. The Kier molecular flexibility index (Phi) is 6.06. The zero-order valence-electron chi connectivity index (χ0n) is 14.4. The molecule has 0 aliphatic carbocycles. The molecule has 0 radical (unpaired) electrons. The molecule has 0 N–H and O–H groups in total. The van der Waals surface area contributed by atoms with E-state index in [1.54, 1.807) is 7.11 Å². The highest BCUT2D eigenvalue weighted by Gasteiger charge is 2.45. The second-order valence-electron chi connectivity index (χ2n) is 5.91. The average molecular weight is 333 g/mol. The number of rotatable bonds is 5. The molecular formula is C17H23N3O4. The van der Waals surface area contributed by atoms with E-state index in [0.717, 1.165) is 17.7 Å². The molecule has 1 heterocycles. The van der Waals surface area contributed by atoms with Crippen LogP contribution in [0.1, 0.15) is 38.9 Å². The van der Waals surface area contributed by atoms with Gasteiger partial charge in [0, 0.05) is 11.8 Å². The fraction of sp³-hybridized carbons (Fsp3) is 0.588. The van der Waals surface area contributed by atoms with Gasteiger partial charge < -0.3 is 14.2 Å². The van der Waals surface area contributed by atoms with Crippen LogP contribution >= 0.6 is 0 Å². The highest BCUT2D eigenvalue weighted by molar-refractivity contribution is 5.66. The van der Waals surface area contributed by atoms with Crippen molar-refractivity contribution in [2.75, 3.05) is 7.11 Å². The van der Waals surface area contributed by atoms with Crippen LogP contribution in [0, 0.1) is 5.92 Å². The Bertz CT molecular complexity index is 613. The van der Waals surface area contributed by atoms with E-state index in [4.69, 9.17) is 19.7 Å². The second kappa shape index (κ2) is 8.04. The van der Waals surface area contributed by atoms with Crippen LogP contribution in [0.25, 0.3) is 10.4 Å². The van der Waals surface area contributed by atoms with Gasteiger partial charge in [-0.15, -0.1) is 0 Å². The minimum absolute atomic E-state index is 0.0512. The Morgan fingerprint density at radius 3 is 2.54 bits per heavy atom. The third-order valence-corrected chi connectivity index (χ3v) is 4.42. The summed E-state index contributed by atoms with van der Waals surface area (Å²) >= 11 is 0. The lowest BCUT2D eigenvalue weighted by molar-refractivity contribution is -0.185. The molecule has 7 heteroatoms. The molecule has 1 aliphatic heterocycles. The van der Waals surface area contributed by atoms with E-state index in [1.807, 2.05) is 38.1 Å². The summed E-state index contributed by atoms with van der Waals surface area (Å²) < 4.78 is 16.9. The van der Waals surface area contributed by atoms with Crippen LogP contribution < -0.4 is 4.74 Å². The van der Waals surface area contributed by atoms with Crippen molar-refractivity contribution in [2.24, 2.45) is 11.0 Å². The average Bonchev–Trinajstić information content (AvgIpc) is 2.58. The van der Waals surface area contributed by atoms with Gasteiger partial charge in [0.05, 0.1) is 19.3 Å². The van der Waals surface area contributed by atoms with Crippen LogP contribution in [0.4, 0.5) is 0 Å². The van der Waals surface area contributed by atoms with Crippen molar-refractivity contribution in [1.29, 1.82) is 0 Å². The molecule has 0 unspecified atom stereocenters. The highest BCUT2D eigenvalue weighted by atomic mass is 16.6. The molecule has 0 amide bonds. The van der Waals surface area contributed by atoms with Crippen LogP contribution in [-0.2, 0) is 14.3 Å². The monoisotopic (exact) mass is 333 g/mol. The zero-order valence-corrected chi connectivity index (χ0v) is 14.4. The second-order valence-corrected chi connectivity index (χ2v) is 5.91. The molecule has 1 aromatic carbocycles. The Hall–Kier alpha value is -2.24. The van der Waals surface area contributed by atoms with Gasteiger partial charge in [-0.25, -0.2) is 0 Å². The number of esters is 1. The molecule has 130 valence electrons. The first-order chi connectivity index (χ1) is 11.5. The van der Waals surface area contributed by atoms with Crippen molar-refractivity contribution in [3.05, 3.63) is 40.3 Å². The molecule has 7 nitrogen and oxygen atoms in total. The molecule has 0 spiro atoms. The predicted octanol–water partition coefficient (Wildman–Crippen LogP) is 3.79. The molecule has 24 heavy (non-hydrogen) atoms. The van der Waals surface area contributed by atoms with Crippen molar-refractivity contribution in [3.63, 3.8) is 0 Å². The molecule has 1 aliphatic rings. The normalized spacial score (nSPS) is 29.4. The molecule has 5 atom stereocenters. The van der Waals surface area contributed by atoms with Gasteiger partial charge in [0.15, 0.2) is 0 Å². The minimum Gasteiger partial charge on any atom is -0.497 e. The summed E-state index contributed by atoms with van der Waals surface area (Å²) in [4.78, 5) is 14.5. The number of methoxy groups -OCH3 is 1. The fourth-order valence-corrected chi connectivity index (χ4v) is 3.17. The lowest BCUT2D eigenvalue weighted by Crippen LogP contribution is -2.50. The zero-order chi connectivity index (χ0) is 17.7. The van der Waals surface area contributed by atoms with Crippen LogP contribution in [0.3, 0.4) is 0 Å². The van der Waals surface area contributed by atoms with Crippen LogP contribution in [0.5, 0.6) is 5.75 Å². The maximum absolute atomic E-state index is 11.6. The molecule has 1 saturated heterocycles. The fourth-order valence-electron chi connectivity index (χ4n) is 3.17. The van der Waals surface area contributed by atoms with Crippen molar-refractivity contribution >= 4 is 5.97 Å². The summed E-state index contributed by atoms with van der Waals surface area (Å²) in [6.07, 6.45) is -0.460. The van der Waals surface area contributed by atoms with E-state index in [1.165, 1.54) is 6.92 Å². The number of ether oxygens (including phenoxy) is 3. The van der Waals surface area contributed by atoms with Gasteiger partial charge in [-0.05, 0) is 35.6 Å². The summed E-state index contributed by atoms with van der Waals surface area (Å²) in [5, 5.41) is 3.91. The molecule has 0 aromatic heterocycles. The SMILES string of the molecule is CC[C@H]1O[C@@H](c2ccc(OC)cc2)[C@H](OC(C)=O)[C@@H](N=[N+]=[N-])[C@H]1C. The Morgan fingerprint density at radius 2 is 2.04 bits per heavy atom. The van der Waals surface area contributed by atoms with E-state index in [0.29, 0.717) is 0 Å². The number of carbonyl (C=O) groups excluding carboxylic acids is 1. The molecular weight excluding hydrogens is 310 g/mol. The van der Waals surface area contributed by atoms with E-state index >= 15 is 0 Å². The lowest BCUT2D eigenvalue weighted by Gasteiger charge is -2.43. The van der Waals surface area contributed by atoms with Crippen LogP contribution in [0.2, 0.25) is 0 Å². The van der Waals surface area contributed by atoms with Crippen LogP contribution in [0.15, 0.2) is 29.4 Å². The third-order valence-electron chi connectivity index (χ3n) is 4.42. The maximum Gasteiger partial charge on any atom is 0.303 e. The number of benzene rings is 1. The molecule has 1 fully saturated rings. The van der Waals surface area contributed by atoms with E-state index in [-0.39, 0.29) is 12.0 Å². The molecule has 1 aromatic rings. The van der Waals surface area contributed by atoms with Gasteiger partial charge in [0.1, 0.15) is 18.0 Å². The summed E-state index contributed by atoms with van der Waals surface area (Å²) in [6.45, 7) is 5.31. The number of nitrogens with zero attached hydrogens (tertiary/aromatic N) is 3. The summed E-state index contributed by atoms with van der Waals surface area (Å²) in [7, 11) is 1.60. The van der Waals surface area contributed by atoms with E-state index in [9.17, 15) is 4.79 Å². The summed E-state index contributed by atoms with van der Waals surface area (Å²) in [6, 6.07) is 6.91. The Labute approximate surface area is 141 Å². The molecule has 0 saturated carbocycles. The Balaban J connectivity index is 2.42. The van der Waals surface area contributed by atoms with Gasteiger partial charge in [0.2, 0.25) is 0 Å². The standard InChI is InChI=1S/C17H23N3O4/c1-5-14-10(2)15(19-20-18)17(23-11(3)21)16(24-14)12-6-8-13(22-4)9-7-12/h6-10,14-17H,5H2,1-4H3/t10-,14+,15-,16-,17+/m0/s1. The quantitative estimate of drug-likeness (QED) is 0.354. The van der Waals surface area contributed by atoms with Gasteiger partial charge in [-0.3, -0.25) is 4.79 Å². The van der Waals surface area contributed by atoms with Gasteiger partial charge in [-0.1, -0.05) is 31.1 Å². The van der Waals surface area contributed by atoms with Crippen molar-refractivity contribution in [1.82, 2.24) is 0 Å². The van der Waals surface area contributed by atoms with Crippen molar-refractivity contribution < 1.29 is 19.0 Å². The maximum atomic E-state index is 11.6. The van der Waals surface area contributed by atoms with Crippen molar-refractivity contribution in [2.45, 2.75) is 51.5 Å².